The molecule has 0 aromatic heterocycles. The molecule has 1 atom stereocenters. The Morgan fingerprint density at radius 1 is 1.36 bits per heavy atom. The van der Waals surface area contributed by atoms with Crippen molar-refractivity contribution >= 4 is 5.97 Å². The van der Waals surface area contributed by atoms with Crippen LogP contribution in [0.2, 0.25) is 0 Å². The first-order valence-electron chi connectivity index (χ1n) is 5.13. The van der Waals surface area contributed by atoms with Gasteiger partial charge in [-0.15, -0.1) is 0 Å². The summed E-state index contributed by atoms with van der Waals surface area (Å²) in [6.07, 6.45) is 3.97. The molecule has 0 saturated heterocycles. The Labute approximate surface area is 85.8 Å². The Morgan fingerprint density at radius 3 is 2.64 bits per heavy atom. The van der Waals surface area contributed by atoms with Gasteiger partial charge in [0.05, 0.1) is 7.11 Å². The van der Waals surface area contributed by atoms with Crippen molar-refractivity contribution in [3.05, 3.63) is 0 Å². The molecular formula is C10H21NO3. The first kappa shape index (κ1) is 13.4. The van der Waals surface area contributed by atoms with E-state index in [0.29, 0.717) is 13.0 Å². The van der Waals surface area contributed by atoms with Crippen molar-refractivity contribution in [3.8, 4) is 0 Å². The fourth-order valence-corrected chi connectivity index (χ4v) is 1.04. The second-order valence-corrected chi connectivity index (χ2v) is 3.24. The highest BCUT2D eigenvalue weighted by atomic mass is 16.5. The number of hydrogen-bond donors (Lipinski definition) is 1. The Balaban J connectivity index is 3.23. The smallest absolute Gasteiger partial charge is 0.322 e. The van der Waals surface area contributed by atoms with E-state index in [4.69, 9.17) is 10.5 Å². The Kier molecular flexibility index (Phi) is 8.57. The van der Waals surface area contributed by atoms with Gasteiger partial charge in [-0.2, -0.15) is 0 Å². The second kappa shape index (κ2) is 8.97. The van der Waals surface area contributed by atoms with Crippen LogP contribution in [-0.2, 0) is 14.3 Å². The minimum atomic E-state index is -0.550. The fourth-order valence-electron chi connectivity index (χ4n) is 1.04. The summed E-state index contributed by atoms with van der Waals surface area (Å²) in [5, 5.41) is 0. The number of rotatable bonds is 8. The van der Waals surface area contributed by atoms with Gasteiger partial charge in [0, 0.05) is 13.2 Å². The highest BCUT2D eigenvalue weighted by Gasteiger charge is 2.12. The maximum atomic E-state index is 10.9. The summed E-state index contributed by atoms with van der Waals surface area (Å²) in [6.45, 7) is 3.43. The molecule has 4 nitrogen and oxygen atoms in total. The molecule has 0 aliphatic carbocycles. The van der Waals surface area contributed by atoms with Crippen LogP contribution in [0.1, 0.15) is 32.6 Å². The number of esters is 1. The molecule has 0 aliphatic rings. The Morgan fingerprint density at radius 2 is 2.07 bits per heavy atom. The summed E-state index contributed by atoms with van der Waals surface area (Å²) < 4.78 is 9.80. The van der Waals surface area contributed by atoms with Crippen LogP contribution in [0.25, 0.3) is 0 Å². The molecule has 0 spiro atoms. The van der Waals surface area contributed by atoms with Gasteiger partial charge in [0.25, 0.3) is 0 Å². The van der Waals surface area contributed by atoms with Gasteiger partial charge in [-0.25, -0.2) is 0 Å². The summed E-state index contributed by atoms with van der Waals surface area (Å²) in [7, 11) is 1.34. The van der Waals surface area contributed by atoms with Gasteiger partial charge in [-0.05, 0) is 12.8 Å². The third-order valence-electron chi connectivity index (χ3n) is 1.97. The number of carbonyl (C=O) groups is 1. The largest absolute Gasteiger partial charge is 0.468 e. The van der Waals surface area contributed by atoms with Crippen LogP contribution in [0.15, 0.2) is 0 Å². The van der Waals surface area contributed by atoms with E-state index in [1.165, 1.54) is 20.0 Å². The summed E-state index contributed by atoms with van der Waals surface area (Å²) in [4.78, 5) is 10.9. The van der Waals surface area contributed by atoms with Gasteiger partial charge in [-0.3, -0.25) is 4.79 Å². The maximum Gasteiger partial charge on any atom is 0.322 e. The van der Waals surface area contributed by atoms with E-state index in [0.717, 1.165) is 13.0 Å². The molecule has 0 radical (unpaired) electrons. The van der Waals surface area contributed by atoms with E-state index in [1.807, 2.05) is 0 Å². The molecule has 0 aromatic rings. The molecule has 0 heterocycles. The Bertz CT molecular complexity index is 150. The van der Waals surface area contributed by atoms with E-state index in [9.17, 15) is 4.79 Å². The van der Waals surface area contributed by atoms with Crippen molar-refractivity contribution in [2.45, 2.75) is 38.6 Å². The van der Waals surface area contributed by atoms with Crippen LogP contribution in [0.4, 0.5) is 0 Å². The first-order valence-corrected chi connectivity index (χ1v) is 5.13. The molecule has 84 valence electrons. The van der Waals surface area contributed by atoms with E-state index in [1.54, 1.807) is 0 Å². The topological polar surface area (TPSA) is 61.5 Å². The van der Waals surface area contributed by atoms with Crippen LogP contribution in [0.3, 0.4) is 0 Å². The summed E-state index contributed by atoms with van der Waals surface area (Å²) in [6, 6.07) is -0.550. The minimum absolute atomic E-state index is 0.373. The summed E-state index contributed by atoms with van der Waals surface area (Å²) in [5.74, 6) is -0.373. The lowest BCUT2D eigenvalue weighted by molar-refractivity contribution is -0.142. The molecule has 0 saturated carbocycles. The van der Waals surface area contributed by atoms with Crippen LogP contribution in [0, 0.1) is 0 Å². The quantitative estimate of drug-likeness (QED) is 0.473. The third kappa shape index (κ3) is 6.86. The molecule has 1 unspecified atom stereocenters. The minimum Gasteiger partial charge on any atom is -0.468 e. The number of hydrogen-bond acceptors (Lipinski definition) is 4. The van der Waals surface area contributed by atoms with Gasteiger partial charge in [0.15, 0.2) is 0 Å². The molecule has 2 N–H and O–H groups in total. The monoisotopic (exact) mass is 203 g/mol. The number of ether oxygens (including phenoxy) is 2. The maximum absolute atomic E-state index is 10.9. The molecule has 0 aromatic carbocycles. The van der Waals surface area contributed by atoms with Gasteiger partial charge in [0.2, 0.25) is 0 Å². The van der Waals surface area contributed by atoms with Crippen molar-refractivity contribution < 1.29 is 14.3 Å². The highest BCUT2D eigenvalue weighted by Crippen LogP contribution is 1.96. The van der Waals surface area contributed by atoms with Crippen molar-refractivity contribution in [2.24, 2.45) is 5.73 Å². The third-order valence-corrected chi connectivity index (χ3v) is 1.97. The molecule has 14 heavy (non-hydrogen) atoms. The lowest BCUT2D eigenvalue weighted by Gasteiger charge is -2.09. The van der Waals surface area contributed by atoms with Gasteiger partial charge in [0.1, 0.15) is 6.04 Å². The summed E-state index contributed by atoms with van der Waals surface area (Å²) in [5.41, 5.74) is 5.51. The van der Waals surface area contributed by atoms with E-state index in [2.05, 4.69) is 11.7 Å². The average molecular weight is 203 g/mol. The molecule has 0 fully saturated rings. The van der Waals surface area contributed by atoms with Crippen LogP contribution < -0.4 is 5.73 Å². The van der Waals surface area contributed by atoms with E-state index >= 15 is 0 Å². The predicted octanol–water partition coefficient (Wildman–Crippen LogP) is 1.08. The van der Waals surface area contributed by atoms with Crippen molar-refractivity contribution in [2.75, 3.05) is 20.3 Å². The molecule has 0 amide bonds. The van der Waals surface area contributed by atoms with Gasteiger partial charge < -0.3 is 15.2 Å². The average Bonchev–Trinajstić information content (AvgIpc) is 2.21. The van der Waals surface area contributed by atoms with Crippen molar-refractivity contribution in [1.82, 2.24) is 0 Å². The van der Waals surface area contributed by atoms with Gasteiger partial charge in [-0.1, -0.05) is 19.8 Å². The van der Waals surface area contributed by atoms with E-state index < -0.39 is 6.04 Å². The fraction of sp³-hybridized carbons (Fsp3) is 0.900. The van der Waals surface area contributed by atoms with Crippen LogP contribution in [-0.4, -0.2) is 32.3 Å². The first-order chi connectivity index (χ1) is 6.72. The zero-order valence-corrected chi connectivity index (χ0v) is 9.12. The number of carbonyl (C=O) groups excluding carboxylic acids is 1. The van der Waals surface area contributed by atoms with Crippen molar-refractivity contribution in [1.29, 1.82) is 0 Å². The van der Waals surface area contributed by atoms with E-state index in [-0.39, 0.29) is 5.97 Å². The molecule has 4 heteroatoms. The Hall–Kier alpha value is -0.610. The van der Waals surface area contributed by atoms with Crippen molar-refractivity contribution in [3.63, 3.8) is 0 Å². The second-order valence-electron chi connectivity index (χ2n) is 3.24. The molecule has 0 aliphatic heterocycles. The molecule has 0 rings (SSSR count). The van der Waals surface area contributed by atoms with Gasteiger partial charge >= 0.3 is 5.97 Å². The number of nitrogens with two attached hydrogens (primary N) is 1. The summed E-state index contributed by atoms with van der Waals surface area (Å²) >= 11 is 0. The lowest BCUT2D eigenvalue weighted by Crippen LogP contribution is -2.32. The van der Waals surface area contributed by atoms with Crippen LogP contribution in [0.5, 0.6) is 0 Å². The number of unbranched alkanes of at least 4 members (excludes halogenated alkanes) is 2. The zero-order chi connectivity index (χ0) is 10.8. The molecular weight excluding hydrogens is 182 g/mol. The normalized spacial score (nSPS) is 12.5. The standard InChI is InChI=1S/C10H21NO3/c1-3-4-5-7-14-8-6-9(11)10(12)13-2/h9H,3-8,11H2,1-2H3. The number of methoxy groups -OCH3 is 1. The highest BCUT2D eigenvalue weighted by molar-refractivity contribution is 5.75. The molecule has 0 bridgehead atoms. The van der Waals surface area contributed by atoms with Crippen LogP contribution >= 0.6 is 0 Å². The predicted molar refractivity (Wildman–Crippen MR) is 55.0 cm³/mol. The SMILES string of the molecule is CCCCCOCCC(N)C(=O)OC. The zero-order valence-electron chi connectivity index (χ0n) is 9.12. The lowest BCUT2D eigenvalue weighted by atomic mass is 10.2.